The average Bonchev–Trinajstić information content (AvgIpc) is 2.91. The summed E-state index contributed by atoms with van der Waals surface area (Å²) < 4.78 is 1.08. The van der Waals surface area contributed by atoms with Crippen LogP contribution in [0.25, 0.3) is 21.5 Å². The highest BCUT2D eigenvalue weighted by Crippen LogP contribution is 2.35. The third kappa shape index (κ3) is 1.97. The minimum Gasteiger partial charge on any atom is -0.311 e. The van der Waals surface area contributed by atoms with E-state index in [1.165, 1.54) is 10.6 Å². The van der Waals surface area contributed by atoms with Crippen molar-refractivity contribution in [2.75, 3.05) is 6.54 Å². The van der Waals surface area contributed by atoms with Gasteiger partial charge in [0.1, 0.15) is 5.01 Å². The number of nitrogens with zero attached hydrogens (tertiary/aromatic N) is 2. The molecule has 0 unspecified atom stereocenters. The lowest BCUT2D eigenvalue weighted by molar-refractivity contribution is 0.644. The molecule has 1 aromatic carbocycles. The highest BCUT2D eigenvalue weighted by Gasteiger charge is 2.17. The summed E-state index contributed by atoms with van der Waals surface area (Å²) in [7, 11) is 0. The molecular formula is C15H12BrN3S. The maximum atomic E-state index is 4.82. The first-order valence-corrected chi connectivity index (χ1v) is 8.17. The molecule has 0 saturated heterocycles. The van der Waals surface area contributed by atoms with E-state index >= 15 is 0 Å². The van der Waals surface area contributed by atoms with Crippen LogP contribution in [0.15, 0.2) is 34.9 Å². The first kappa shape index (κ1) is 12.4. The van der Waals surface area contributed by atoms with Crippen molar-refractivity contribution >= 4 is 38.2 Å². The molecule has 1 aliphatic heterocycles. The molecule has 3 nitrogen and oxygen atoms in total. The summed E-state index contributed by atoms with van der Waals surface area (Å²) in [4.78, 5) is 10.7. The molecule has 100 valence electrons. The van der Waals surface area contributed by atoms with Crippen LogP contribution in [0.4, 0.5) is 0 Å². The lowest BCUT2D eigenvalue weighted by atomic mass is 10.1. The first-order chi connectivity index (χ1) is 9.83. The second kappa shape index (κ2) is 4.91. The topological polar surface area (TPSA) is 37.8 Å². The number of hydrogen-bond donors (Lipinski definition) is 1. The summed E-state index contributed by atoms with van der Waals surface area (Å²) >= 11 is 5.37. The molecule has 3 aromatic rings. The predicted octanol–water partition coefficient (Wildman–Crippen LogP) is 3.77. The van der Waals surface area contributed by atoms with Crippen molar-refractivity contribution < 1.29 is 0 Å². The fraction of sp³-hybridized carbons (Fsp3) is 0.200. The van der Waals surface area contributed by atoms with Crippen LogP contribution in [0.3, 0.4) is 0 Å². The van der Waals surface area contributed by atoms with Crippen LogP contribution in [0.2, 0.25) is 0 Å². The maximum absolute atomic E-state index is 4.82. The van der Waals surface area contributed by atoms with E-state index in [9.17, 15) is 0 Å². The van der Waals surface area contributed by atoms with E-state index in [1.54, 1.807) is 11.3 Å². The molecule has 1 aliphatic rings. The van der Waals surface area contributed by atoms with Gasteiger partial charge in [0.05, 0.1) is 11.2 Å². The molecule has 0 bridgehead atoms. The largest absolute Gasteiger partial charge is 0.311 e. The number of hydrogen-bond acceptors (Lipinski definition) is 4. The number of thiazole rings is 1. The second-order valence-electron chi connectivity index (χ2n) is 4.81. The van der Waals surface area contributed by atoms with Crippen LogP contribution in [-0.4, -0.2) is 16.5 Å². The standard InChI is InChI=1S/C15H12BrN3S/c16-11-4-3-10(14-9(11)2-1-6-18-14)15-19-12-5-7-17-8-13(12)20-15/h1-4,6,17H,5,7-8H2. The molecule has 5 heteroatoms. The number of pyridine rings is 1. The van der Waals surface area contributed by atoms with Gasteiger partial charge in [0.25, 0.3) is 0 Å². The van der Waals surface area contributed by atoms with E-state index < -0.39 is 0 Å². The molecule has 4 rings (SSSR count). The van der Waals surface area contributed by atoms with Gasteiger partial charge >= 0.3 is 0 Å². The Bertz CT molecular complexity index is 773. The average molecular weight is 346 g/mol. The molecule has 0 saturated carbocycles. The van der Waals surface area contributed by atoms with Crippen molar-refractivity contribution in [1.82, 2.24) is 15.3 Å². The minimum atomic E-state index is 0.939. The molecule has 1 N–H and O–H groups in total. The normalized spacial score (nSPS) is 14.4. The number of halogens is 1. The van der Waals surface area contributed by atoms with Crippen molar-refractivity contribution in [1.29, 1.82) is 0 Å². The van der Waals surface area contributed by atoms with Gasteiger partial charge in [-0.25, -0.2) is 4.98 Å². The third-order valence-electron chi connectivity index (χ3n) is 3.55. The number of fused-ring (bicyclic) bond motifs is 2. The van der Waals surface area contributed by atoms with E-state index in [4.69, 9.17) is 4.98 Å². The molecular weight excluding hydrogens is 334 g/mol. The summed E-state index contributed by atoms with van der Waals surface area (Å²) in [5.41, 5.74) is 3.39. The molecule has 0 aliphatic carbocycles. The summed E-state index contributed by atoms with van der Waals surface area (Å²) in [6.07, 6.45) is 2.86. The van der Waals surface area contributed by atoms with Crippen molar-refractivity contribution in [3.05, 3.63) is 45.5 Å². The van der Waals surface area contributed by atoms with Gasteiger partial charge in [0.2, 0.25) is 0 Å². The van der Waals surface area contributed by atoms with Gasteiger partial charge in [-0.1, -0.05) is 22.0 Å². The van der Waals surface area contributed by atoms with Crippen molar-refractivity contribution in [3.8, 4) is 10.6 Å². The summed E-state index contributed by atoms with van der Waals surface area (Å²) in [5.74, 6) is 0. The van der Waals surface area contributed by atoms with Crippen LogP contribution in [-0.2, 0) is 13.0 Å². The number of nitrogens with one attached hydrogen (secondary N) is 1. The number of benzene rings is 1. The van der Waals surface area contributed by atoms with Gasteiger partial charge in [-0.2, -0.15) is 0 Å². The zero-order valence-corrected chi connectivity index (χ0v) is 13.1. The lowest BCUT2D eigenvalue weighted by Gasteiger charge is -2.09. The van der Waals surface area contributed by atoms with Crippen molar-refractivity contribution in [2.24, 2.45) is 0 Å². The van der Waals surface area contributed by atoms with E-state index in [2.05, 4.69) is 44.4 Å². The molecule has 0 radical (unpaired) electrons. The molecule has 0 fully saturated rings. The summed E-state index contributed by atoms with van der Waals surface area (Å²) in [6, 6.07) is 8.24. The summed E-state index contributed by atoms with van der Waals surface area (Å²) in [5, 5.41) is 5.61. The van der Waals surface area contributed by atoms with Gasteiger partial charge < -0.3 is 5.32 Å². The monoisotopic (exact) mass is 345 g/mol. The Balaban J connectivity index is 1.94. The highest BCUT2D eigenvalue weighted by molar-refractivity contribution is 9.10. The Morgan fingerprint density at radius 2 is 2.20 bits per heavy atom. The fourth-order valence-corrected chi connectivity index (χ4v) is 4.11. The van der Waals surface area contributed by atoms with E-state index in [0.29, 0.717) is 0 Å². The molecule has 20 heavy (non-hydrogen) atoms. The quantitative estimate of drug-likeness (QED) is 0.729. The first-order valence-electron chi connectivity index (χ1n) is 6.56. The predicted molar refractivity (Wildman–Crippen MR) is 86.0 cm³/mol. The maximum Gasteiger partial charge on any atom is 0.126 e. The van der Waals surface area contributed by atoms with E-state index in [-0.39, 0.29) is 0 Å². The summed E-state index contributed by atoms with van der Waals surface area (Å²) in [6.45, 7) is 1.96. The Morgan fingerprint density at radius 1 is 1.25 bits per heavy atom. The van der Waals surface area contributed by atoms with Crippen molar-refractivity contribution in [3.63, 3.8) is 0 Å². The Morgan fingerprint density at radius 3 is 3.10 bits per heavy atom. The smallest absolute Gasteiger partial charge is 0.126 e. The Hall–Kier alpha value is -1.30. The second-order valence-corrected chi connectivity index (χ2v) is 6.75. The minimum absolute atomic E-state index is 0.939. The fourth-order valence-electron chi connectivity index (χ4n) is 2.55. The molecule has 0 atom stereocenters. The van der Waals surface area contributed by atoms with Gasteiger partial charge in [0.15, 0.2) is 0 Å². The van der Waals surface area contributed by atoms with E-state index in [1.807, 2.05) is 12.3 Å². The van der Waals surface area contributed by atoms with Gasteiger partial charge in [0, 0.05) is 46.0 Å². The Labute approximate surface area is 129 Å². The molecule has 2 aromatic heterocycles. The van der Waals surface area contributed by atoms with Gasteiger partial charge in [-0.05, 0) is 18.2 Å². The van der Waals surface area contributed by atoms with Crippen molar-refractivity contribution in [2.45, 2.75) is 13.0 Å². The van der Waals surface area contributed by atoms with Crippen LogP contribution in [0.1, 0.15) is 10.6 Å². The third-order valence-corrected chi connectivity index (χ3v) is 5.37. The Kier molecular flexibility index (Phi) is 3.06. The van der Waals surface area contributed by atoms with Gasteiger partial charge in [-0.15, -0.1) is 11.3 Å². The van der Waals surface area contributed by atoms with Gasteiger partial charge in [-0.3, -0.25) is 4.98 Å². The zero-order valence-electron chi connectivity index (χ0n) is 10.7. The van der Waals surface area contributed by atoms with Crippen LogP contribution >= 0.6 is 27.3 Å². The van der Waals surface area contributed by atoms with E-state index in [0.717, 1.165) is 45.5 Å². The zero-order chi connectivity index (χ0) is 13.5. The number of rotatable bonds is 1. The van der Waals surface area contributed by atoms with Crippen LogP contribution < -0.4 is 5.32 Å². The highest BCUT2D eigenvalue weighted by atomic mass is 79.9. The molecule has 0 spiro atoms. The SMILES string of the molecule is Brc1ccc(-c2nc3c(s2)CNCC3)c2ncccc12. The van der Waals surface area contributed by atoms with Crippen LogP contribution in [0, 0.1) is 0 Å². The molecule has 0 amide bonds. The number of aromatic nitrogens is 2. The lowest BCUT2D eigenvalue weighted by Crippen LogP contribution is -2.22. The molecule has 3 heterocycles. The van der Waals surface area contributed by atoms with Crippen LogP contribution in [0.5, 0.6) is 0 Å².